The van der Waals surface area contributed by atoms with E-state index in [1.807, 2.05) is 6.07 Å². The third-order valence-corrected chi connectivity index (χ3v) is 3.82. The van der Waals surface area contributed by atoms with Gasteiger partial charge in [0.05, 0.1) is 10.5 Å². The third-order valence-electron chi connectivity index (χ3n) is 2.71. The smallest absolute Gasteiger partial charge is 0.175 e. The largest absolute Gasteiger partial charge is 0.507 e. The molecule has 0 aliphatic rings. The van der Waals surface area contributed by atoms with Crippen molar-refractivity contribution < 1.29 is 13.5 Å². The van der Waals surface area contributed by atoms with Crippen LogP contribution in [0.2, 0.25) is 0 Å². The van der Waals surface area contributed by atoms with Gasteiger partial charge in [0, 0.05) is 6.26 Å². The molecule has 0 radical (unpaired) electrons. The first-order chi connectivity index (χ1) is 8.91. The second-order valence-electron chi connectivity index (χ2n) is 4.14. The van der Waals surface area contributed by atoms with Gasteiger partial charge in [-0.15, -0.1) is 0 Å². The highest BCUT2D eigenvalue weighted by atomic mass is 32.2. The van der Waals surface area contributed by atoms with Gasteiger partial charge in [0.15, 0.2) is 9.84 Å². The summed E-state index contributed by atoms with van der Waals surface area (Å²) in [6.07, 6.45) is 1.14. The number of phenolic OH excluding ortho intramolecular Hbond substituents is 1. The van der Waals surface area contributed by atoms with Crippen molar-refractivity contribution in [2.75, 3.05) is 6.26 Å². The van der Waals surface area contributed by atoms with E-state index in [9.17, 15) is 13.5 Å². The van der Waals surface area contributed by atoms with Gasteiger partial charge in [-0.3, -0.25) is 0 Å². The quantitative estimate of drug-likeness (QED) is 0.910. The second-order valence-corrected chi connectivity index (χ2v) is 6.16. The highest BCUT2D eigenvalue weighted by Crippen LogP contribution is 2.27. The lowest BCUT2D eigenvalue weighted by Crippen LogP contribution is -1.96. The Labute approximate surface area is 111 Å². The third kappa shape index (κ3) is 2.75. The van der Waals surface area contributed by atoms with E-state index >= 15 is 0 Å². The van der Waals surface area contributed by atoms with Gasteiger partial charge in [-0.2, -0.15) is 5.26 Å². The van der Waals surface area contributed by atoms with Crippen molar-refractivity contribution in [3.63, 3.8) is 0 Å². The zero-order valence-electron chi connectivity index (χ0n) is 10.2. The van der Waals surface area contributed by atoms with Crippen molar-refractivity contribution in [1.29, 1.82) is 5.26 Å². The average Bonchev–Trinajstić information content (AvgIpc) is 2.38. The Balaban J connectivity index is 2.58. The molecule has 0 fully saturated rings. The summed E-state index contributed by atoms with van der Waals surface area (Å²) in [6.45, 7) is 0. The van der Waals surface area contributed by atoms with Gasteiger partial charge in [-0.1, -0.05) is 18.2 Å². The molecule has 4 nitrogen and oxygen atoms in total. The molecule has 0 unspecified atom stereocenters. The molecule has 0 aliphatic heterocycles. The molecule has 0 heterocycles. The number of phenols is 1. The number of benzene rings is 2. The molecule has 2 aromatic carbocycles. The molecule has 2 rings (SSSR count). The van der Waals surface area contributed by atoms with Crippen LogP contribution in [-0.4, -0.2) is 19.8 Å². The molecule has 1 N–H and O–H groups in total. The van der Waals surface area contributed by atoms with Crippen LogP contribution in [0.25, 0.3) is 11.1 Å². The summed E-state index contributed by atoms with van der Waals surface area (Å²) in [5, 5.41) is 18.3. The molecule has 19 heavy (non-hydrogen) atoms. The molecule has 5 heteroatoms. The summed E-state index contributed by atoms with van der Waals surface area (Å²) >= 11 is 0. The van der Waals surface area contributed by atoms with Crippen LogP contribution in [0.15, 0.2) is 47.4 Å². The predicted octanol–water partition coefficient (Wildman–Crippen LogP) is 2.33. The van der Waals surface area contributed by atoms with Crippen molar-refractivity contribution in [3.05, 3.63) is 48.0 Å². The normalized spacial score (nSPS) is 10.9. The molecule has 0 saturated carbocycles. The minimum atomic E-state index is -3.27. The Morgan fingerprint density at radius 2 is 1.79 bits per heavy atom. The Hall–Kier alpha value is -2.32. The lowest BCUT2D eigenvalue weighted by molar-refractivity contribution is 0.473. The fourth-order valence-corrected chi connectivity index (χ4v) is 2.38. The predicted molar refractivity (Wildman–Crippen MR) is 71.4 cm³/mol. The van der Waals surface area contributed by atoms with Crippen LogP contribution in [0.5, 0.6) is 5.75 Å². The lowest BCUT2D eigenvalue weighted by atomic mass is 10.0. The van der Waals surface area contributed by atoms with Gasteiger partial charge in [0.2, 0.25) is 0 Å². The summed E-state index contributed by atoms with van der Waals surface area (Å²) in [4.78, 5) is 0.219. The number of sulfone groups is 1. The molecule has 2 aromatic rings. The number of aromatic hydroxyl groups is 1. The van der Waals surface area contributed by atoms with Crippen molar-refractivity contribution >= 4 is 9.84 Å². The van der Waals surface area contributed by atoms with Crippen LogP contribution in [0.4, 0.5) is 0 Å². The summed E-state index contributed by atoms with van der Waals surface area (Å²) in [5.41, 5.74) is 1.52. The molecular weight excluding hydrogens is 262 g/mol. The molecule has 0 saturated heterocycles. The summed E-state index contributed by atoms with van der Waals surface area (Å²) in [7, 11) is -3.27. The average molecular weight is 273 g/mol. The molecule has 0 aromatic heterocycles. The van der Waals surface area contributed by atoms with Crippen molar-refractivity contribution in [2.24, 2.45) is 0 Å². The van der Waals surface area contributed by atoms with Crippen molar-refractivity contribution in [2.45, 2.75) is 4.90 Å². The Kier molecular flexibility index (Phi) is 3.28. The SMILES string of the molecule is CS(=O)(=O)c1cccc(-c2ccc(O)c(C#N)c2)c1. The minimum absolute atomic E-state index is 0.0921. The summed E-state index contributed by atoms with van der Waals surface area (Å²) in [5.74, 6) is -0.0921. The second kappa shape index (κ2) is 4.75. The lowest BCUT2D eigenvalue weighted by Gasteiger charge is -2.05. The zero-order chi connectivity index (χ0) is 14.0. The van der Waals surface area contributed by atoms with Crippen LogP contribution in [0, 0.1) is 11.3 Å². The highest BCUT2D eigenvalue weighted by molar-refractivity contribution is 7.90. The molecule has 0 bridgehead atoms. The first-order valence-corrected chi connectivity index (χ1v) is 7.34. The van der Waals surface area contributed by atoms with Crippen LogP contribution in [-0.2, 0) is 9.84 Å². The maximum Gasteiger partial charge on any atom is 0.175 e. The van der Waals surface area contributed by atoms with E-state index in [2.05, 4.69) is 0 Å². The highest BCUT2D eigenvalue weighted by Gasteiger charge is 2.09. The number of rotatable bonds is 2. The van der Waals surface area contributed by atoms with Gasteiger partial charge < -0.3 is 5.11 Å². The molecule has 0 aliphatic carbocycles. The van der Waals surface area contributed by atoms with E-state index in [1.54, 1.807) is 24.3 Å². The van der Waals surface area contributed by atoms with Gasteiger partial charge in [0.1, 0.15) is 11.8 Å². The monoisotopic (exact) mass is 273 g/mol. The molecule has 0 spiro atoms. The molecular formula is C14H11NO3S. The van der Waals surface area contributed by atoms with Crippen molar-refractivity contribution in [3.8, 4) is 22.9 Å². The van der Waals surface area contributed by atoms with E-state index < -0.39 is 9.84 Å². The topological polar surface area (TPSA) is 78.2 Å². The van der Waals surface area contributed by atoms with E-state index in [0.717, 1.165) is 6.26 Å². The van der Waals surface area contributed by atoms with Crippen LogP contribution in [0.1, 0.15) is 5.56 Å². The number of nitriles is 1. The molecule has 0 atom stereocenters. The van der Waals surface area contributed by atoms with Gasteiger partial charge in [0.25, 0.3) is 0 Å². The first-order valence-electron chi connectivity index (χ1n) is 5.45. The Morgan fingerprint density at radius 1 is 1.11 bits per heavy atom. The zero-order valence-corrected chi connectivity index (χ0v) is 11.0. The van der Waals surface area contributed by atoms with Crippen LogP contribution in [0.3, 0.4) is 0 Å². The summed E-state index contributed by atoms with van der Waals surface area (Å²) < 4.78 is 23.0. The fourth-order valence-electron chi connectivity index (χ4n) is 1.71. The summed E-state index contributed by atoms with van der Waals surface area (Å²) in [6, 6.07) is 12.9. The Morgan fingerprint density at radius 3 is 2.42 bits per heavy atom. The fraction of sp³-hybridized carbons (Fsp3) is 0.0714. The number of nitrogens with zero attached hydrogens (tertiary/aromatic N) is 1. The van der Waals surface area contributed by atoms with E-state index in [-0.39, 0.29) is 16.2 Å². The van der Waals surface area contributed by atoms with Crippen molar-refractivity contribution in [1.82, 2.24) is 0 Å². The van der Waals surface area contributed by atoms with Gasteiger partial charge in [-0.05, 0) is 35.4 Å². The minimum Gasteiger partial charge on any atom is -0.507 e. The first kappa shape index (κ1) is 13.1. The maximum atomic E-state index is 11.5. The number of hydrogen-bond donors (Lipinski definition) is 1. The van der Waals surface area contributed by atoms with Gasteiger partial charge in [-0.25, -0.2) is 8.42 Å². The van der Waals surface area contributed by atoms with Gasteiger partial charge >= 0.3 is 0 Å². The molecule has 0 amide bonds. The van der Waals surface area contributed by atoms with Crippen LogP contribution >= 0.6 is 0 Å². The van der Waals surface area contributed by atoms with E-state index in [0.29, 0.717) is 11.1 Å². The van der Waals surface area contributed by atoms with E-state index in [4.69, 9.17) is 5.26 Å². The Bertz CT molecular complexity index is 774. The van der Waals surface area contributed by atoms with E-state index in [1.165, 1.54) is 18.2 Å². The number of hydrogen-bond acceptors (Lipinski definition) is 4. The standard InChI is InChI=1S/C14H11NO3S/c1-19(17,18)13-4-2-3-10(8-13)11-5-6-14(16)12(7-11)9-15/h2-8,16H,1H3. The maximum absolute atomic E-state index is 11.5. The van der Waals surface area contributed by atoms with Crippen LogP contribution < -0.4 is 0 Å². The molecule has 96 valence electrons.